The molecule has 0 unspecified atom stereocenters. The Morgan fingerprint density at radius 2 is 1.52 bits per heavy atom. The first kappa shape index (κ1) is 21.3. The highest BCUT2D eigenvalue weighted by Crippen LogP contribution is 2.35. The molecule has 3 aromatic rings. The monoisotopic (exact) mass is 449 g/mol. The predicted molar refractivity (Wildman–Crippen MR) is 133 cm³/mol. The molecule has 6 heteroatoms. The van der Waals surface area contributed by atoms with E-state index in [2.05, 4.69) is 15.5 Å². The Balaban J connectivity index is 1.43. The van der Waals surface area contributed by atoms with Gasteiger partial charge in [-0.1, -0.05) is 60.1 Å². The van der Waals surface area contributed by atoms with Crippen molar-refractivity contribution in [1.29, 1.82) is 0 Å². The molecule has 2 N–H and O–H groups in total. The Labute approximate surface area is 193 Å². The molecule has 31 heavy (non-hydrogen) atoms. The molecule has 1 amide bonds. The third-order valence-electron chi connectivity index (χ3n) is 5.39. The van der Waals surface area contributed by atoms with Crippen LogP contribution in [-0.4, -0.2) is 24.1 Å². The molecule has 3 aromatic carbocycles. The van der Waals surface area contributed by atoms with Gasteiger partial charge in [0.25, 0.3) is 5.91 Å². The first-order chi connectivity index (χ1) is 15.1. The van der Waals surface area contributed by atoms with Gasteiger partial charge in [0, 0.05) is 18.7 Å². The Hall–Kier alpha value is -2.89. The fourth-order valence-corrected chi connectivity index (χ4v) is 4.33. The van der Waals surface area contributed by atoms with E-state index in [0.29, 0.717) is 10.6 Å². The molecular weight excluding hydrogens is 426 g/mol. The third kappa shape index (κ3) is 5.24. The van der Waals surface area contributed by atoms with Crippen LogP contribution in [0.25, 0.3) is 11.1 Å². The van der Waals surface area contributed by atoms with Crippen molar-refractivity contribution in [2.75, 3.05) is 23.3 Å². The second kappa shape index (κ2) is 9.94. The molecule has 1 aliphatic rings. The lowest BCUT2D eigenvalue weighted by Crippen LogP contribution is -2.35. The van der Waals surface area contributed by atoms with Crippen LogP contribution in [0.4, 0.5) is 11.4 Å². The van der Waals surface area contributed by atoms with Crippen LogP contribution in [0.5, 0.6) is 0 Å². The third-order valence-corrected chi connectivity index (χ3v) is 5.90. The van der Waals surface area contributed by atoms with E-state index < -0.39 is 0 Å². The van der Waals surface area contributed by atoms with Crippen molar-refractivity contribution in [1.82, 2.24) is 5.32 Å². The summed E-state index contributed by atoms with van der Waals surface area (Å²) in [5.41, 5.74) is 4.46. The quantitative estimate of drug-likeness (QED) is 0.470. The van der Waals surface area contributed by atoms with E-state index >= 15 is 0 Å². The van der Waals surface area contributed by atoms with E-state index in [4.69, 9.17) is 23.8 Å². The molecule has 0 aliphatic carbocycles. The molecule has 0 spiro atoms. The molecule has 0 bridgehead atoms. The molecule has 4 nitrogen and oxygen atoms in total. The SMILES string of the molecule is O=C(NC(=S)Nc1cccc(Cl)c1N1CCCCC1)c1ccc(-c2ccccc2)cc1. The molecule has 0 radical (unpaired) electrons. The number of nitrogens with one attached hydrogen (secondary N) is 2. The van der Waals surface area contributed by atoms with Crippen LogP contribution in [0.15, 0.2) is 72.8 Å². The van der Waals surface area contributed by atoms with Gasteiger partial charge in [-0.05, 0) is 66.9 Å². The number of piperidine rings is 1. The number of benzene rings is 3. The fourth-order valence-electron chi connectivity index (χ4n) is 3.83. The van der Waals surface area contributed by atoms with Crippen molar-refractivity contribution in [2.45, 2.75) is 19.3 Å². The summed E-state index contributed by atoms with van der Waals surface area (Å²) in [6.07, 6.45) is 3.52. The Morgan fingerprint density at radius 3 is 2.23 bits per heavy atom. The number of nitrogens with zero attached hydrogens (tertiary/aromatic N) is 1. The second-order valence-electron chi connectivity index (χ2n) is 7.54. The normalized spacial score (nSPS) is 13.5. The number of anilines is 2. The summed E-state index contributed by atoms with van der Waals surface area (Å²) in [6.45, 7) is 1.93. The van der Waals surface area contributed by atoms with E-state index in [1.807, 2.05) is 60.7 Å². The molecule has 1 saturated heterocycles. The smallest absolute Gasteiger partial charge is 0.257 e. The molecule has 0 aromatic heterocycles. The van der Waals surface area contributed by atoms with Crippen molar-refractivity contribution in [3.63, 3.8) is 0 Å². The molecule has 0 atom stereocenters. The van der Waals surface area contributed by atoms with Crippen LogP contribution in [-0.2, 0) is 0 Å². The molecule has 1 aliphatic heterocycles. The summed E-state index contributed by atoms with van der Waals surface area (Å²) in [7, 11) is 0. The van der Waals surface area contributed by atoms with Gasteiger partial charge in [0.2, 0.25) is 0 Å². The maximum Gasteiger partial charge on any atom is 0.257 e. The number of halogens is 1. The summed E-state index contributed by atoms with van der Waals surface area (Å²) in [4.78, 5) is 15.0. The van der Waals surface area contributed by atoms with Gasteiger partial charge in [-0.15, -0.1) is 0 Å². The van der Waals surface area contributed by atoms with E-state index in [-0.39, 0.29) is 11.0 Å². The molecule has 0 saturated carbocycles. The largest absolute Gasteiger partial charge is 0.369 e. The maximum absolute atomic E-state index is 12.7. The van der Waals surface area contributed by atoms with Gasteiger partial charge in [0.15, 0.2) is 5.11 Å². The number of carbonyl (C=O) groups is 1. The first-order valence-electron chi connectivity index (χ1n) is 10.4. The highest BCUT2D eigenvalue weighted by molar-refractivity contribution is 7.80. The number of amides is 1. The standard InChI is InChI=1S/C25H24ClN3OS/c26-21-10-7-11-22(23(21)29-16-5-2-6-17-29)27-25(31)28-24(30)20-14-12-19(13-15-20)18-8-3-1-4-9-18/h1,3-4,7-15H,2,5-6,16-17H2,(H2,27,28,30,31). The number of rotatable bonds is 4. The van der Waals surface area contributed by atoms with Crippen LogP contribution < -0.4 is 15.5 Å². The summed E-state index contributed by atoms with van der Waals surface area (Å²) < 4.78 is 0. The van der Waals surface area contributed by atoms with Gasteiger partial charge < -0.3 is 10.2 Å². The molecule has 158 valence electrons. The minimum atomic E-state index is -0.251. The van der Waals surface area contributed by atoms with Crippen molar-refractivity contribution in [2.24, 2.45) is 0 Å². The van der Waals surface area contributed by atoms with Crippen LogP contribution in [0, 0.1) is 0 Å². The minimum absolute atomic E-state index is 0.248. The zero-order chi connectivity index (χ0) is 21.6. The van der Waals surface area contributed by atoms with Gasteiger partial charge in [0.1, 0.15) is 0 Å². The number of hydrogen-bond acceptors (Lipinski definition) is 3. The maximum atomic E-state index is 12.7. The molecule has 1 fully saturated rings. The molecular formula is C25H24ClN3OS. The number of carbonyl (C=O) groups excluding carboxylic acids is 1. The van der Waals surface area contributed by atoms with Crippen LogP contribution in [0.1, 0.15) is 29.6 Å². The predicted octanol–water partition coefficient (Wildman–Crippen LogP) is 6.12. The van der Waals surface area contributed by atoms with Crippen molar-refractivity contribution >= 4 is 46.2 Å². The van der Waals surface area contributed by atoms with Gasteiger partial charge in [-0.25, -0.2) is 0 Å². The Kier molecular flexibility index (Phi) is 6.85. The summed E-state index contributed by atoms with van der Waals surface area (Å²) in [6, 6.07) is 23.2. The Morgan fingerprint density at radius 1 is 0.839 bits per heavy atom. The first-order valence-corrected chi connectivity index (χ1v) is 11.2. The highest BCUT2D eigenvalue weighted by atomic mass is 35.5. The van der Waals surface area contributed by atoms with Gasteiger partial charge in [0.05, 0.1) is 16.4 Å². The van der Waals surface area contributed by atoms with Crippen LogP contribution >= 0.6 is 23.8 Å². The topological polar surface area (TPSA) is 44.4 Å². The lowest BCUT2D eigenvalue weighted by atomic mass is 10.0. The minimum Gasteiger partial charge on any atom is -0.369 e. The average molecular weight is 450 g/mol. The highest BCUT2D eigenvalue weighted by Gasteiger charge is 2.18. The molecule has 1 heterocycles. The van der Waals surface area contributed by atoms with Gasteiger partial charge >= 0.3 is 0 Å². The average Bonchev–Trinajstić information content (AvgIpc) is 2.80. The van der Waals surface area contributed by atoms with E-state index in [1.54, 1.807) is 12.1 Å². The Bertz CT molecular complexity index is 1060. The summed E-state index contributed by atoms with van der Waals surface area (Å²) in [5.74, 6) is -0.251. The van der Waals surface area contributed by atoms with Crippen molar-refractivity contribution in [3.05, 3.63) is 83.4 Å². The van der Waals surface area contributed by atoms with Gasteiger partial charge in [-0.2, -0.15) is 0 Å². The molecule has 4 rings (SSSR count). The van der Waals surface area contributed by atoms with Crippen LogP contribution in [0.3, 0.4) is 0 Å². The van der Waals surface area contributed by atoms with E-state index in [1.165, 1.54) is 6.42 Å². The lowest BCUT2D eigenvalue weighted by molar-refractivity contribution is 0.0978. The zero-order valence-corrected chi connectivity index (χ0v) is 18.7. The van der Waals surface area contributed by atoms with Crippen LogP contribution in [0.2, 0.25) is 5.02 Å². The summed E-state index contributed by atoms with van der Waals surface area (Å²) in [5, 5.41) is 6.86. The van der Waals surface area contributed by atoms with Crippen molar-refractivity contribution < 1.29 is 4.79 Å². The summed E-state index contributed by atoms with van der Waals surface area (Å²) >= 11 is 11.9. The number of thiocarbonyl (C=S) groups is 1. The number of para-hydroxylation sites is 1. The lowest BCUT2D eigenvalue weighted by Gasteiger charge is -2.31. The number of hydrogen-bond donors (Lipinski definition) is 2. The van der Waals surface area contributed by atoms with E-state index in [9.17, 15) is 4.79 Å². The van der Waals surface area contributed by atoms with Gasteiger partial charge in [-0.3, -0.25) is 10.1 Å². The second-order valence-corrected chi connectivity index (χ2v) is 8.35. The fraction of sp³-hybridized carbons (Fsp3) is 0.200. The van der Waals surface area contributed by atoms with Crippen molar-refractivity contribution in [3.8, 4) is 11.1 Å². The zero-order valence-electron chi connectivity index (χ0n) is 17.1. The van der Waals surface area contributed by atoms with E-state index in [0.717, 1.165) is 48.4 Å².